The number of rotatable bonds is 8. The molecule has 1 N–H and O–H groups in total. The molecule has 1 saturated carbocycles. The van der Waals surface area contributed by atoms with Gasteiger partial charge in [-0.2, -0.15) is 0 Å². The minimum absolute atomic E-state index is 0.189. The van der Waals surface area contributed by atoms with Gasteiger partial charge in [0.05, 0.1) is 5.41 Å². The summed E-state index contributed by atoms with van der Waals surface area (Å²) in [6.07, 6.45) is 12.2. The topological polar surface area (TPSA) is 37.3 Å². The number of hydrogen-bond donors (Lipinski definition) is 1. The van der Waals surface area contributed by atoms with Crippen molar-refractivity contribution >= 4 is 5.97 Å². The maximum Gasteiger partial charge on any atom is 0.314 e. The fraction of sp³-hybridized carbons (Fsp3) is 0.750. The van der Waals surface area contributed by atoms with E-state index in [1.807, 2.05) is 12.2 Å². The predicted octanol–water partition coefficient (Wildman–Crippen LogP) is 5.99. The third kappa shape index (κ3) is 4.90. The highest BCUT2D eigenvalue weighted by Crippen LogP contribution is 2.41. The molecule has 0 saturated heterocycles. The van der Waals surface area contributed by atoms with Crippen LogP contribution in [0.2, 0.25) is 0 Å². The highest BCUT2D eigenvalue weighted by molar-refractivity contribution is 5.78. The molecule has 2 aliphatic carbocycles. The van der Waals surface area contributed by atoms with Crippen molar-refractivity contribution in [3.8, 4) is 0 Å². The summed E-state index contributed by atoms with van der Waals surface area (Å²) in [5.41, 5.74) is -0.261. The van der Waals surface area contributed by atoms with Crippen LogP contribution in [0.4, 0.5) is 8.78 Å². The number of unbranched alkanes of at least 4 members (excludes halogenated alkanes) is 2. The molecular formula is C20H30F2O2. The first-order valence-electron chi connectivity index (χ1n) is 9.37. The van der Waals surface area contributed by atoms with Crippen LogP contribution >= 0.6 is 0 Å². The standard InChI is InChI=1S/C20H30F2O2/c1-2-3-4-5-15-6-8-16(9-7-15)17-10-12-20(13-11-17,19(23)24)14-18(21)22/h10-12,15-16,18H,2-9,13-14H2,1H3,(H,23,24)/t15-,16-,20?. The lowest BCUT2D eigenvalue weighted by Gasteiger charge is -2.33. The average Bonchev–Trinajstić information content (AvgIpc) is 2.56. The monoisotopic (exact) mass is 340 g/mol. The molecule has 2 aliphatic rings. The first kappa shape index (κ1) is 19.1. The molecule has 1 unspecified atom stereocenters. The van der Waals surface area contributed by atoms with E-state index in [2.05, 4.69) is 6.92 Å². The van der Waals surface area contributed by atoms with Crippen LogP contribution in [-0.2, 0) is 4.79 Å². The molecular weight excluding hydrogens is 310 g/mol. The molecule has 1 atom stereocenters. The zero-order chi connectivity index (χ0) is 17.6. The quantitative estimate of drug-likeness (QED) is 0.551. The summed E-state index contributed by atoms with van der Waals surface area (Å²) >= 11 is 0. The Bertz CT molecular complexity index is 476. The van der Waals surface area contributed by atoms with E-state index in [1.54, 1.807) is 0 Å². The molecule has 0 radical (unpaired) electrons. The van der Waals surface area contributed by atoms with Crippen molar-refractivity contribution in [1.29, 1.82) is 0 Å². The van der Waals surface area contributed by atoms with E-state index >= 15 is 0 Å². The highest BCUT2D eigenvalue weighted by Gasteiger charge is 2.40. The number of carboxylic acid groups (broad SMARTS) is 1. The normalized spacial score (nSPS) is 30.4. The summed E-state index contributed by atoms with van der Waals surface area (Å²) in [4.78, 5) is 11.4. The van der Waals surface area contributed by atoms with Crippen LogP contribution in [0.1, 0.15) is 71.1 Å². The molecule has 24 heavy (non-hydrogen) atoms. The van der Waals surface area contributed by atoms with Gasteiger partial charge >= 0.3 is 5.97 Å². The van der Waals surface area contributed by atoms with E-state index < -0.39 is 24.2 Å². The molecule has 0 bridgehead atoms. The Morgan fingerprint density at radius 3 is 2.50 bits per heavy atom. The van der Waals surface area contributed by atoms with Gasteiger partial charge in [-0.1, -0.05) is 50.8 Å². The number of carboxylic acids is 1. The van der Waals surface area contributed by atoms with Gasteiger partial charge in [-0.05, 0) is 49.5 Å². The van der Waals surface area contributed by atoms with Gasteiger partial charge in [0.1, 0.15) is 0 Å². The van der Waals surface area contributed by atoms with Crippen LogP contribution < -0.4 is 0 Å². The minimum Gasteiger partial charge on any atom is -0.481 e. The van der Waals surface area contributed by atoms with Crippen LogP contribution in [0.15, 0.2) is 23.8 Å². The van der Waals surface area contributed by atoms with E-state index in [4.69, 9.17) is 0 Å². The molecule has 0 heterocycles. The summed E-state index contributed by atoms with van der Waals surface area (Å²) < 4.78 is 25.5. The Hall–Kier alpha value is -1.19. The second-order valence-corrected chi connectivity index (χ2v) is 7.51. The second kappa shape index (κ2) is 8.77. The maximum absolute atomic E-state index is 12.7. The number of aliphatic carboxylic acids is 1. The lowest BCUT2D eigenvalue weighted by atomic mass is 9.72. The van der Waals surface area contributed by atoms with E-state index in [1.165, 1.54) is 44.6 Å². The molecule has 1 fully saturated rings. The van der Waals surface area contributed by atoms with Crippen molar-refractivity contribution in [1.82, 2.24) is 0 Å². The SMILES string of the molecule is CCCCC[C@H]1CC[C@H](C2=CCC(CC(F)F)(C(=O)O)C=C2)CC1. The van der Waals surface area contributed by atoms with E-state index in [0.29, 0.717) is 5.92 Å². The largest absolute Gasteiger partial charge is 0.481 e. The van der Waals surface area contributed by atoms with Crippen molar-refractivity contribution in [3.63, 3.8) is 0 Å². The van der Waals surface area contributed by atoms with E-state index in [0.717, 1.165) is 24.3 Å². The third-order valence-electron chi connectivity index (χ3n) is 5.78. The zero-order valence-electron chi connectivity index (χ0n) is 14.6. The summed E-state index contributed by atoms with van der Waals surface area (Å²) in [5, 5.41) is 9.36. The number of allylic oxidation sites excluding steroid dienone is 3. The Balaban J connectivity index is 1.87. The summed E-state index contributed by atoms with van der Waals surface area (Å²) in [6.45, 7) is 2.23. The van der Waals surface area contributed by atoms with Gasteiger partial charge < -0.3 is 5.11 Å². The summed E-state index contributed by atoms with van der Waals surface area (Å²) in [5.74, 6) is 0.161. The lowest BCUT2D eigenvalue weighted by Crippen LogP contribution is -2.32. The van der Waals surface area contributed by atoms with Gasteiger partial charge in [-0.3, -0.25) is 4.79 Å². The van der Waals surface area contributed by atoms with Crippen molar-refractivity contribution in [3.05, 3.63) is 23.8 Å². The molecule has 2 rings (SSSR count). The average molecular weight is 340 g/mol. The Labute approximate surface area is 144 Å². The highest BCUT2D eigenvalue weighted by atomic mass is 19.3. The molecule has 0 aliphatic heterocycles. The van der Waals surface area contributed by atoms with Crippen molar-refractivity contribution in [2.24, 2.45) is 17.3 Å². The van der Waals surface area contributed by atoms with Crippen molar-refractivity contribution in [2.45, 2.75) is 77.6 Å². The third-order valence-corrected chi connectivity index (χ3v) is 5.78. The Morgan fingerprint density at radius 1 is 1.29 bits per heavy atom. The van der Waals surface area contributed by atoms with Crippen molar-refractivity contribution in [2.75, 3.05) is 0 Å². The van der Waals surface area contributed by atoms with Crippen molar-refractivity contribution < 1.29 is 18.7 Å². The number of carbonyl (C=O) groups is 1. The van der Waals surface area contributed by atoms with Gasteiger partial charge in [0, 0.05) is 6.42 Å². The van der Waals surface area contributed by atoms with Gasteiger partial charge in [-0.25, -0.2) is 8.78 Å². The maximum atomic E-state index is 12.7. The Morgan fingerprint density at radius 2 is 2.00 bits per heavy atom. The minimum atomic E-state index is -2.60. The number of hydrogen-bond acceptors (Lipinski definition) is 1. The first-order valence-corrected chi connectivity index (χ1v) is 9.37. The molecule has 4 heteroatoms. The molecule has 0 aromatic carbocycles. The molecule has 0 aromatic rings. The molecule has 136 valence electrons. The van der Waals surface area contributed by atoms with Gasteiger partial charge in [-0.15, -0.1) is 0 Å². The van der Waals surface area contributed by atoms with Gasteiger partial charge in [0.25, 0.3) is 0 Å². The summed E-state index contributed by atoms with van der Waals surface area (Å²) in [6, 6.07) is 0. The molecule has 2 nitrogen and oxygen atoms in total. The van der Waals surface area contributed by atoms with Gasteiger partial charge in [0.2, 0.25) is 6.43 Å². The van der Waals surface area contributed by atoms with Crippen LogP contribution in [0, 0.1) is 17.3 Å². The number of halogens is 2. The Kier molecular flexibility index (Phi) is 7.00. The van der Waals surface area contributed by atoms with Crippen LogP contribution in [0.5, 0.6) is 0 Å². The van der Waals surface area contributed by atoms with Crippen LogP contribution in [0.25, 0.3) is 0 Å². The fourth-order valence-corrected chi connectivity index (χ4v) is 4.13. The lowest BCUT2D eigenvalue weighted by molar-refractivity contribution is -0.148. The summed E-state index contributed by atoms with van der Waals surface area (Å²) in [7, 11) is 0. The molecule has 0 spiro atoms. The second-order valence-electron chi connectivity index (χ2n) is 7.51. The molecule has 0 aromatic heterocycles. The van der Waals surface area contributed by atoms with E-state index in [9.17, 15) is 18.7 Å². The smallest absolute Gasteiger partial charge is 0.314 e. The van der Waals surface area contributed by atoms with Crippen LogP contribution in [0.3, 0.4) is 0 Å². The fourth-order valence-electron chi connectivity index (χ4n) is 4.13. The first-order chi connectivity index (χ1) is 11.5. The van der Waals surface area contributed by atoms with Crippen LogP contribution in [-0.4, -0.2) is 17.5 Å². The zero-order valence-corrected chi connectivity index (χ0v) is 14.6. The van der Waals surface area contributed by atoms with E-state index in [-0.39, 0.29) is 6.42 Å². The van der Waals surface area contributed by atoms with Gasteiger partial charge in [0.15, 0.2) is 0 Å². The predicted molar refractivity (Wildman–Crippen MR) is 92.1 cm³/mol. The number of alkyl halides is 2. The molecule has 0 amide bonds.